The third-order valence-corrected chi connectivity index (χ3v) is 1.76. The number of rotatable bonds is 4. The summed E-state index contributed by atoms with van der Waals surface area (Å²) in [5, 5.41) is 12.0. The molecule has 5 nitrogen and oxygen atoms in total. The van der Waals surface area contributed by atoms with Gasteiger partial charge in [-0.05, 0) is 12.2 Å². The van der Waals surface area contributed by atoms with Crippen molar-refractivity contribution in [1.29, 1.82) is 0 Å². The van der Waals surface area contributed by atoms with Crippen LogP contribution in [0.3, 0.4) is 0 Å². The number of aliphatic hydroxyl groups excluding tert-OH is 1. The van der Waals surface area contributed by atoms with E-state index >= 15 is 0 Å². The molecule has 0 saturated heterocycles. The van der Waals surface area contributed by atoms with Gasteiger partial charge in [0.15, 0.2) is 5.11 Å². The van der Waals surface area contributed by atoms with E-state index in [4.69, 9.17) is 10.8 Å². The maximum Gasteiger partial charge on any atom is 0.163 e. The number of nitrogens with two attached hydrogens (primary N) is 1. The SMILES string of the molecule is NC(=S)NC(CO)Cc1cnccn1. The maximum atomic E-state index is 9.01. The highest BCUT2D eigenvalue weighted by atomic mass is 32.1. The summed E-state index contributed by atoms with van der Waals surface area (Å²) in [6.45, 7) is -0.0477. The Labute approximate surface area is 87.4 Å². The number of hydrogen-bond donors (Lipinski definition) is 3. The zero-order chi connectivity index (χ0) is 10.4. The van der Waals surface area contributed by atoms with Gasteiger partial charge in [-0.15, -0.1) is 0 Å². The van der Waals surface area contributed by atoms with E-state index < -0.39 is 0 Å². The lowest BCUT2D eigenvalue weighted by Gasteiger charge is -2.14. The lowest BCUT2D eigenvalue weighted by Crippen LogP contribution is -2.42. The van der Waals surface area contributed by atoms with Crippen LogP contribution >= 0.6 is 12.2 Å². The fraction of sp³-hybridized carbons (Fsp3) is 0.375. The Morgan fingerprint density at radius 3 is 2.93 bits per heavy atom. The van der Waals surface area contributed by atoms with Crippen molar-refractivity contribution in [3.63, 3.8) is 0 Å². The molecule has 0 aromatic carbocycles. The van der Waals surface area contributed by atoms with Crippen molar-refractivity contribution in [1.82, 2.24) is 15.3 Å². The topological polar surface area (TPSA) is 84.1 Å². The lowest BCUT2D eigenvalue weighted by atomic mass is 10.2. The third kappa shape index (κ3) is 3.63. The fourth-order valence-electron chi connectivity index (χ4n) is 1.05. The number of hydrogen-bond acceptors (Lipinski definition) is 4. The van der Waals surface area contributed by atoms with Gasteiger partial charge in [-0.1, -0.05) is 0 Å². The molecule has 14 heavy (non-hydrogen) atoms. The normalized spacial score (nSPS) is 12.1. The van der Waals surface area contributed by atoms with Gasteiger partial charge in [0.2, 0.25) is 0 Å². The van der Waals surface area contributed by atoms with E-state index in [-0.39, 0.29) is 17.8 Å². The molecule has 1 aromatic heterocycles. The number of aliphatic hydroxyl groups is 1. The third-order valence-electron chi connectivity index (χ3n) is 1.64. The van der Waals surface area contributed by atoms with Crippen LogP contribution in [-0.2, 0) is 6.42 Å². The standard InChI is InChI=1S/C8H12N4OS/c9-8(14)12-7(5-13)3-6-4-10-1-2-11-6/h1-2,4,7,13H,3,5H2,(H3,9,12,14). The molecule has 1 aromatic rings. The average Bonchev–Trinajstić information content (AvgIpc) is 2.17. The second kappa shape index (κ2) is 5.46. The minimum atomic E-state index is -0.204. The van der Waals surface area contributed by atoms with Crippen molar-refractivity contribution in [3.05, 3.63) is 24.3 Å². The first-order valence-corrected chi connectivity index (χ1v) is 4.55. The molecule has 1 rings (SSSR count). The first-order chi connectivity index (χ1) is 6.72. The van der Waals surface area contributed by atoms with Crippen LogP contribution in [0.4, 0.5) is 0 Å². The molecular formula is C8H12N4OS. The largest absolute Gasteiger partial charge is 0.394 e. The van der Waals surface area contributed by atoms with E-state index in [0.717, 1.165) is 5.69 Å². The summed E-state index contributed by atoms with van der Waals surface area (Å²) in [5.74, 6) is 0. The quantitative estimate of drug-likeness (QED) is 0.567. The highest BCUT2D eigenvalue weighted by molar-refractivity contribution is 7.80. The summed E-state index contributed by atoms with van der Waals surface area (Å²) in [6, 6.07) is -0.204. The van der Waals surface area contributed by atoms with Crippen LogP contribution in [0, 0.1) is 0 Å². The van der Waals surface area contributed by atoms with Crippen LogP contribution in [0.25, 0.3) is 0 Å². The van der Waals surface area contributed by atoms with Gasteiger partial charge in [-0.2, -0.15) is 0 Å². The second-order valence-electron chi connectivity index (χ2n) is 2.79. The molecule has 0 fully saturated rings. The highest BCUT2D eigenvalue weighted by Crippen LogP contribution is 1.96. The predicted molar refractivity (Wildman–Crippen MR) is 56.5 cm³/mol. The van der Waals surface area contributed by atoms with Crippen molar-refractivity contribution < 1.29 is 5.11 Å². The first kappa shape index (κ1) is 10.8. The van der Waals surface area contributed by atoms with Crippen molar-refractivity contribution in [2.75, 3.05) is 6.61 Å². The molecule has 0 bridgehead atoms. The van der Waals surface area contributed by atoms with E-state index in [1.165, 1.54) is 0 Å². The van der Waals surface area contributed by atoms with Crippen LogP contribution in [0.5, 0.6) is 0 Å². The van der Waals surface area contributed by atoms with E-state index in [2.05, 4.69) is 27.5 Å². The summed E-state index contributed by atoms with van der Waals surface area (Å²) < 4.78 is 0. The van der Waals surface area contributed by atoms with Crippen molar-refractivity contribution >= 4 is 17.3 Å². The van der Waals surface area contributed by atoms with E-state index in [1.807, 2.05) is 0 Å². The number of nitrogens with one attached hydrogen (secondary N) is 1. The number of aromatic nitrogens is 2. The molecule has 1 unspecified atom stereocenters. The molecule has 1 heterocycles. The average molecular weight is 212 g/mol. The Hall–Kier alpha value is -1.27. The summed E-state index contributed by atoms with van der Waals surface area (Å²) in [5.41, 5.74) is 6.08. The van der Waals surface area contributed by atoms with Crippen LogP contribution in [0.2, 0.25) is 0 Å². The lowest BCUT2D eigenvalue weighted by molar-refractivity contribution is 0.254. The predicted octanol–water partition coefficient (Wildman–Crippen LogP) is -0.787. The minimum Gasteiger partial charge on any atom is -0.394 e. The van der Waals surface area contributed by atoms with Gasteiger partial charge in [0.1, 0.15) is 0 Å². The zero-order valence-corrected chi connectivity index (χ0v) is 8.37. The van der Waals surface area contributed by atoms with E-state index in [1.54, 1.807) is 18.6 Å². The van der Waals surface area contributed by atoms with Gasteiger partial charge in [0.05, 0.1) is 18.3 Å². The maximum absolute atomic E-state index is 9.01. The van der Waals surface area contributed by atoms with Crippen LogP contribution < -0.4 is 11.1 Å². The van der Waals surface area contributed by atoms with E-state index in [0.29, 0.717) is 6.42 Å². The number of thiocarbonyl (C=S) groups is 1. The van der Waals surface area contributed by atoms with Crippen LogP contribution in [0.1, 0.15) is 5.69 Å². The Kier molecular flexibility index (Phi) is 4.21. The summed E-state index contributed by atoms with van der Waals surface area (Å²) >= 11 is 4.67. The smallest absolute Gasteiger partial charge is 0.163 e. The molecule has 0 amide bonds. The minimum absolute atomic E-state index is 0.0477. The molecule has 1 atom stereocenters. The van der Waals surface area contributed by atoms with Crippen molar-refractivity contribution in [2.45, 2.75) is 12.5 Å². The van der Waals surface area contributed by atoms with Gasteiger partial charge < -0.3 is 16.2 Å². The molecule has 0 aliphatic heterocycles. The van der Waals surface area contributed by atoms with Gasteiger partial charge in [-0.3, -0.25) is 9.97 Å². The molecule has 0 radical (unpaired) electrons. The Morgan fingerprint density at radius 2 is 2.43 bits per heavy atom. The number of nitrogens with zero attached hydrogens (tertiary/aromatic N) is 2. The first-order valence-electron chi connectivity index (χ1n) is 4.14. The summed E-state index contributed by atoms with van der Waals surface area (Å²) in [7, 11) is 0. The molecule has 6 heteroatoms. The zero-order valence-electron chi connectivity index (χ0n) is 7.55. The van der Waals surface area contributed by atoms with Crippen molar-refractivity contribution in [3.8, 4) is 0 Å². The van der Waals surface area contributed by atoms with E-state index in [9.17, 15) is 0 Å². The molecule has 0 saturated carbocycles. The molecule has 0 aliphatic rings. The van der Waals surface area contributed by atoms with Gasteiger partial charge in [0, 0.05) is 25.0 Å². The molecule has 0 aliphatic carbocycles. The molecular weight excluding hydrogens is 200 g/mol. The Bertz CT molecular complexity index is 293. The van der Waals surface area contributed by atoms with Crippen LogP contribution in [0.15, 0.2) is 18.6 Å². The highest BCUT2D eigenvalue weighted by Gasteiger charge is 2.08. The molecule has 76 valence electrons. The molecule has 4 N–H and O–H groups in total. The van der Waals surface area contributed by atoms with Gasteiger partial charge in [0.25, 0.3) is 0 Å². The summed E-state index contributed by atoms with van der Waals surface area (Å²) in [6.07, 6.45) is 5.38. The van der Waals surface area contributed by atoms with Gasteiger partial charge in [-0.25, -0.2) is 0 Å². The Balaban J connectivity index is 2.53. The van der Waals surface area contributed by atoms with Crippen molar-refractivity contribution in [2.24, 2.45) is 5.73 Å². The monoisotopic (exact) mass is 212 g/mol. The summed E-state index contributed by atoms with van der Waals surface area (Å²) in [4.78, 5) is 7.99. The van der Waals surface area contributed by atoms with Gasteiger partial charge >= 0.3 is 0 Å². The molecule has 0 spiro atoms. The Morgan fingerprint density at radius 1 is 1.64 bits per heavy atom. The fourth-order valence-corrected chi connectivity index (χ4v) is 1.22. The second-order valence-corrected chi connectivity index (χ2v) is 3.23. The van der Waals surface area contributed by atoms with Crippen LogP contribution in [-0.4, -0.2) is 32.8 Å².